The molecular formula is C2H6O4P+. The normalized spacial score (nSPS) is 14.0. The monoisotopic (exact) mass is 125 g/mol. The zero-order valence-corrected chi connectivity index (χ0v) is 4.47. The van der Waals surface area contributed by atoms with Gasteiger partial charge in [-0.3, -0.25) is 0 Å². The summed E-state index contributed by atoms with van der Waals surface area (Å²) in [6.07, 6.45) is 0. The molecule has 0 amide bonds. The molecule has 1 aliphatic rings. The standard InChI is InChI=1S/C2H4O.HO3P/c1-2-3-1;1-4(2)3/h1-2H2;(H-,1,2,3)/p+1. The van der Waals surface area contributed by atoms with Gasteiger partial charge in [0.1, 0.15) is 0 Å². The van der Waals surface area contributed by atoms with Crippen LogP contribution in [0.25, 0.3) is 0 Å². The lowest BCUT2D eigenvalue weighted by Gasteiger charge is -1.34. The summed E-state index contributed by atoms with van der Waals surface area (Å²) in [4.78, 5) is 14.2. The van der Waals surface area contributed by atoms with Gasteiger partial charge in [-0.25, -0.2) is 0 Å². The fourth-order valence-electron chi connectivity index (χ4n) is 0. The maximum absolute atomic E-state index is 8.70. The molecule has 0 unspecified atom stereocenters. The van der Waals surface area contributed by atoms with Gasteiger partial charge in [-0.1, -0.05) is 0 Å². The summed E-state index contributed by atoms with van der Waals surface area (Å²) in [5.41, 5.74) is 0. The van der Waals surface area contributed by atoms with Crippen molar-refractivity contribution in [1.82, 2.24) is 0 Å². The van der Waals surface area contributed by atoms with Crippen LogP contribution in [0.1, 0.15) is 0 Å². The van der Waals surface area contributed by atoms with Crippen molar-refractivity contribution >= 4 is 8.25 Å². The Balaban J connectivity index is 0.000000105. The quantitative estimate of drug-likeness (QED) is 0.342. The van der Waals surface area contributed by atoms with Crippen LogP contribution in [0, 0.1) is 0 Å². The third-order valence-electron chi connectivity index (χ3n) is 0.204. The highest BCUT2D eigenvalue weighted by Gasteiger charge is 1.94. The van der Waals surface area contributed by atoms with E-state index >= 15 is 0 Å². The second-order valence-electron chi connectivity index (χ2n) is 0.865. The smallest absolute Gasteiger partial charge is 0.377 e. The molecule has 0 aromatic rings. The predicted octanol–water partition coefficient (Wildman–Crippen LogP) is -0.355. The molecule has 1 aliphatic heterocycles. The van der Waals surface area contributed by atoms with Gasteiger partial charge in [-0.15, -0.1) is 9.79 Å². The van der Waals surface area contributed by atoms with E-state index in [1.165, 1.54) is 0 Å². The molecule has 0 aromatic carbocycles. The predicted molar refractivity (Wildman–Crippen MR) is 22.9 cm³/mol. The molecule has 1 fully saturated rings. The fourth-order valence-corrected chi connectivity index (χ4v) is 0. The van der Waals surface area contributed by atoms with E-state index in [9.17, 15) is 0 Å². The van der Waals surface area contributed by atoms with Crippen LogP contribution in [0.5, 0.6) is 0 Å². The number of epoxide rings is 1. The van der Waals surface area contributed by atoms with Crippen LogP contribution in [0.2, 0.25) is 0 Å². The first kappa shape index (κ1) is 6.98. The van der Waals surface area contributed by atoms with Crippen molar-refractivity contribution in [2.75, 3.05) is 13.2 Å². The molecule has 4 nitrogen and oxygen atoms in total. The van der Waals surface area contributed by atoms with Crippen molar-refractivity contribution in [3.05, 3.63) is 0 Å². The zero-order valence-electron chi connectivity index (χ0n) is 3.57. The minimum Gasteiger partial charge on any atom is -0.377 e. The molecule has 0 bridgehead atoms. The summed E-state index contributed by atoms with van der Waals surface area (Å²) in [7, 11) is -2.87. The Morgan fingerprint density at radius 1 is 1.43 bits per heavy atom. The second kappa shape index (κ2) is 4.15. The van der Waals surface area contributed by atoms with Crippen LogP contribution >= 0.6 is 8.25 Å². The third kappa shape index (κ3) is 98.6. The van der Waals surface area contributed by atoms with E-state index in [1.54, 1.807) is 0 Å². The second-order valence-corrected chi connectivity index (χ2v) is 1.37. The molecule has 0 saturated carbocycles. The maximum Gasteiger partial charge on any atom is 0.692 e. The third-order valence-corrected chi connectivity index (χ3v) is 0.204. The van der Waals surface area contributed by atoms with Gasteiger partial charge >= 0.3 is 8.25 Å². The first-order valence-electron chi connectivity index (χ1n) is 1.66. The lowest BCUT2D eigenvalue weighted by atomic mass is 11.0. The number of hydrogen-bond donors (Lipinski definition) is 2. The van der Waals surface area contributed by atoms with Crippen LogP contribution in [-0.4, -0.2) is 23.0 Å². The maximum atomic E-state index is 8.70. The highest BCUT2D eigenvalue weighted by atomic mass is 31.1. The van der Waals surface area contributed by atoms with Gasteiger partial charge in [0.25, 0.3) is 0 Å². The molecule has 2 N–H and O–H groups in total. The molecule has 7 heavy (non-hydrogen) atoms. The van der Waals surface area contributed by atoms with Crippen molar-refractivity contribution in [2.24, 2.45) is 0 Å². The van der Waals surface area contributed by atoms with E-state index in [-0.39, 0.29) is 0 Å². The van der Waals surface area contributed by atoms with Gasteiger partial charge in [-0.05, 0) is 0 Å². The summed E-state index contributed by atoms with van der Waals surface area (Å²) in [6, 6.07) is 0. The molecule has 5 heteroatoms. The molecule has 1 heterocycles. The van der Waals surface area contributed by atoms with Crippen molar-refractivity contribution in [2.45, 2.75) is 0 Å². The highest BCUT2D eigenvalue weighted by molar-refractivity contribution is 7.30. The molecule has 0 radical (unpaired) electrons. The first-order chi connectivity index (χ1) is 3.23. The average molecular weight is 125 g/mol. The summed E-state index contributed by atoms with van der Waals surface area (Å²) >= 11 is 0. The van der Waals surface area contributed by atoms with Gasteiger partial charge in [0.15, 0.2) is 0 Å². The number of hydrogen-bond acceptors (Lipinski definition) is 2. The fraction of sp³-hybridized carbons (Fsp3) is 1.00. The summed E-state index contributed by atoms with van der Waals surface area (Å²) in [5, 5.41) is 0. The van der Waals surface area contributed by atoms with Crippen molar-refractivity contribution in [1.29, 1.82) is 0 Å². The summed E-state index contributed by atoms with van der Waals surface area (Å²) < 4.78 is 13.2. The average Bonchev–Trinajstić information content (AvgIpc) is 2.02. The van der Waals surface area contributed by atoms with Crippen LogP contribution in [0.15, 0.2) is 0 Å². The Kier molecular flexibility index (Phi) is 4.14. The van der Waals surface area contributed by atoms with E-state index in [2.05, 4.69) is 4.74 Å². The Morgan fingerprint density at radius 2 is 1.57 bits per heavy atom. The molecule has 1 rings (SSSR count). The topological polar surface area (TPSA) is 70.1 Å². The molecule has 42 valence electrons. The van der Waals surface area contributed by atoms with Gasteiger partial charge in [0.05, 0.1) is 13.2 Å². The van der Waals surface area contributed by atoms with E-state index in [4.69, 9.17) is 14.4 Å². The molecule has 1 saturated heterocycles. The number of rotatable bonds is 0. The molecule has 0 aliphatic carbocycles. The Hall–Kier alpha value is -0.0200. The van der Waals surface area contributed by atoms with Crippen LogP contribution in [0.4, 0.5) is 0 Å². The minimum absolute atomic E-state index is 1.00. The van der Waals surface area contributed by atoms with Gasteiger partial charge in [0, 0.05) is 4.57 Å². The Bertz CT molecular complexity index is 54.0. The molecule has 0 atom stereocenters. The van der Waals surface area contributed by atoms with E-state index in [0.717, 1.165) is 13.2 Å². The molecular weight excluding hydrogens is 119 g/mol. The zero-order chi connectivity index (χ0) is 5.70. The van der Waals surface area contributed by atoms with Crippen LogP contribution < -0.4 is 0 Å². The summed E-state index contributed by atoms with van der Waals surface area (Å²) in [5.74, 6) is 0. The van der Waals surface area contributed by atoms with Gasteiger partial charge in [-0.2, -0.15) is 0 Å². The van der Waals surface area contributed by atoms with Crippen LogP contribution in [-0.2, 0) is 9.30 Å². The van der Waals surface area contributed by atoms with Gasteiger partial charge < -0.3 is 4.74 Å². The Labute approximate surface area is 41.7 Å². The molecule has 0 spiro atoms. The first-order valence-corrected chi connectivity index (χ1v) is 2.83. The SMILES string of the molecule is C1CO1.O=[P+](O)O. The molecule has 0 aromatic heterocycles. The summed E-state index contributed by atoms with van der Waals surface area (Å²) in [6.45, 7) is 2.00. The lowest BCUT2D eigenvalue weighted by Crippen LogP contribution is -1.38. The van der Waals surface area contributed by atoms with Crippen molar-refractivity contribution in [3.63, 3.8) is 0 Å². The number of ether oxygens (including phenoxy) is 1. The van der Waals surface area contributed by atoms with Crippen molar-refractivity contribution in [3.8, 4) is 0 Å². The Morgan fingerprint density at radius 3 is 1.57 bits per heavy atom. The largest absolute Gasteiger partial charge is 0.692 e. The highest BCUT2D eigenvalue weighted by Crippen LogP contribution is 1.98. The van der Waals surface area contributed by atoms with E-state index in [1.807, 2.05) is 0 Å². The van der Waals surface area contributed by atoms with Gasteiger partial charge in [0.2, 0.25) is 0 Å². The minimum atomic E-state index is -2.87. The van der Waals surface area contributed by atoms with Crippen LogP contribution in [0.3, 0.4) is 0 Å². The van der Waals surface area contributed by atoms with Crippen molar-refractivity contribution < 1.29 is 19.1 Å². The lowest BCUT2D eigenvalue weighted by molar-refractivity contribution is 0.405. The van der Waals surface area contributed by atoms with E-state index < -0.39 is 8.25 Å². The van der Waals surface area contributed by atoms with E-state index in [0.29, 0.717) is 0 Å².